The molecule has 4 heterocycles. The van der Waals surface area contributed by atoms with Gasteiger partial charge in [0.1, 0.15) is 24.2 Å². The number of benzene rings is 1. The first-order valence-corrected chi connectivity index (χ1v) is 13.7. The third-order valence-electron chi connectivity index (χ3n) is 8.07. The summed E-state index contributed by atoms with van der Waals surface area (Å²) < 4.78 is 12.2. The lowest BCUT2D eigenvalue weighted by molar-refractivity contribution is 0.122. The van der Waals surface area contributed by atoms with E-state index in [1.807, 2.05) is 6.20 Å². The van der Waals surface area contributed by atoms with Crippen LogP contribution in [0.5, 0.6) is 5.75 Å². The van der Waals surface area contributed by atoms with Crippen LogP contribution in [0.15, 0.2) is 37.1 Å². The van der Waals surface area contributed by atoms with Gasteiger partial charge in [-0.1, -0.05) is 0 Å². The van der Waals surface area contributed by atoms with Gasteiger partial charge < -0.3 is 24.2 Å². The number of morpholine rings is 1. The Labute approximate surface area is 218 Å². The fourth-order valence-corrected chi connectivity index (χ4v) is 5.77. The van der Waals surface area contributed by atoms with E-state index in [4.69, 9.17) is 9.47 Å². The molecule has 1 aromatic carbocycles. The van der Waals surface area contributed by atoms with Gasteiger partial charge in [0, 0.05) is 69.0 Å². The van der Waals surface area contributed by atoms with Gasteiger partial charge in [-0.2, -0.15) is 0 Å². The molecule has 0 atom stereocenters. The highest BCUT2D eigenvalue weighted by molar-refractivity contribution is 5.88. The summed E-state index contributed by atoms with van der Waals surface area (Å²) in [5.74, 6) is 2.61. The summed E-state index contributed by atoms with van der Waals surface area (Å²) in [6.07, 6.45) is 10.9. The number of ether oxygens (including phenoxy) is 2. The maximum Gasteiger partial charge on any atom is 0.132 e. The Morgan fingerprint density at radius 2 is 1.68 bits per heavy atom. The van der Waals surface area contributed by atoms with Gasteiger partial charge in [-0.05, 0) is 51.1 Å². The summed E-state index contributed by atoms with van der Waals surface area (Å²) in [5.41, 5.74) is 3.25. The number of hydrogen-bond donors (Lipinski definition) is 0. The van der Waals surface area contributed by atoms with Crippen LogP contribution in [0.2, 0.25) is 0 Å². The van der Waals surface area contributed by atoms with Crippen molar-refractivity contribution >= 4 is 22.4 Å². The van der Waals surface area contributed by atoms with Crippen LogP contribution in [0, 0.1) is 5.92 Å². The first kappa shape index (κ1) is 24.3. The van der Waals surface area contributed by atoms with Crippen LogP contribution in [0.4, 0.5) is 11.5 Å². The topological polar surface area (TPSA) is 79.7 Å². The molecule has 196 valence electrons. The van der Waals surface area contributed by atoms with E-state index in [0.717, 1.165) is 118 Å². The van der Waals surface area contributed by atoms with Gasteiger partial charge in [-0.25, -0.2) is 19.9 Å². The molecule has 3 aliphatic rings. The van der Waals surface area contributed by atoms with Gasteiger partial charge in [0.15, 0.2) is 0 Å². The smallest absolute Gasteiger partial charge is 0.132 e. The van der Waals surface area contributed by atoms with Crippen molar-refractivity contribution in [1.82, 2.24) is 24.8 Å². The molecule has 6 rings (SSSR count). The molecule has 0 bridgehead atoms. The van der Waals surface area contributed by atoms with Crippen LogP contribution in [-0.4, -0.2) is 90.5 Å². The minimum Gasteiger partial charge on any atom is -0.490 e. The molecule has 0 unspecified atom stereocenters. The van der Waals surface area contributed by atoms with Crippen molar-refractivity contribution < 1.29 is 9.47 Å². The van der Waals surface area contributed by atoms with E-state index < -0.39 is 0 Å². The van der Waals surface area contributed by atoms with Crippen molar-refractivity contribution in [2.75, 3.05) is 69.3 Å². The average Bonchev–Trinajstić information content (AvgIpc) is 2.95. The zero-order valence-corrected chi connectivity index (χ0v) is 21.8. The van der Waals surface area contributed by atoms with Crippen LogP contribution in [0.25, 0.3) is 10.9 Å². The number of piperazine rings is 1. The highest BCUT2D eigenvalue weighted by atomic mass is 16.5. The Morgan fingerprint density at radius 3 is 2.49 bits per heavy atom. The van der Waals surface area contributed by atoms with Crippen LogP contribution < -0.4 is 14.5 Å². The molecule has 9 heteroatoms. The second-order valence-electron chi connectivity index (χ2n) is 10.6. The number of hydrogen-bond acceptors (Lipinski definition) is 9. The van der Waals surface area contributed by atoms with Gasteiger partial charge >= 0.3 is 0 Å². The monoisotopic (exact) mass is 503 g/mol. The molecule has 0 amide bonds. The Hall–Kier alpha value is -3.04. The molecular weight excluding hydrogens is 466 g/mol. The lowest BCUT2D eigenvalue weighted by atomic mass is 9.84. The Balaban J connectivity index is 1.08. The van der Waals surface area contributed by atoms with Crippen LogP contribution in [0.1, 0.15) is 31.4 Å². The molecule has 2 saturated heterocycles. The Kier molecular flexibility index (Phi) is 7.32. The molecule has 37 heavy (non-hydrogen) atoms. The second-order valence-corrected chi connectivity index (χ2v) is 10.6. The highest BCUT2D eigenvalue weighted by Gasteiger charge is 2.25. The van der Waals surface area contributed by atoms with Gasteiger partial charge in [0.05, 0.1) is 30.2 Å². The van der Waals surface area contributed by atoms with Crippen LogP contribution >= 0.6 is 0 Å². The van der Waals surface area contributed by atoms with Gasteiger partial charge in [0.25, 0.3) is 0 Å². The maximum absolute atomic E-state index is 6.63. The number of rotatable bonds is 6. The summed E-state index contributed by atoms with van der Waals surface area (Å²) in [6, 6.07) is 6.52. The summed E-state index contributed by atoms with van der Waals surface area (Å²) >= 11 is 0. The van der Waals surface area contributed by atoms with Gasteiger partial charge in [-0.3, -0.25) is 0 Å². The predicted octanol–water partition coefficient (Wildman–Crippen LogP) is 3.19. The minimum atomic E-state index is 0.214. The molecule has 9 nitrogen and oxygen atoms in total. The minimum absolute atomic E-state index is 0.214. The number of nitrogens with zero attached hydrogens (tertiary/aromatic N) is 7. The normalized spacial score (nSPS) is 23.4. The molecule has 1 aliphatic carbocycles. The first-order valence-electron chi connectivity index (χ1n) is 13.7. The second kappa shape index (κ2) is 11.1. The summed E-state index contributed by atoms with van der Waals surface area (Å²) in [6.45, 7) is 7.52. The molecule has 3 aromatic rings. The standard InChI is InChI=1S/C28H37N7O2/c1-33-6-8-35(9-7-33)28-15-22(30-20-32-28)14-21-2-4-24(5-3-21)37-27-17-23(34-10-12-36-13-11-34)16-26-25(27)18-29-19-31-26/h15-21,24H,2-14H2,1H3. The molecule has 2 aromatic heterocycles. The van der Waals surface area contributed by atoms with Crippen molar-refractivity contribution in [3.05, 3.63) is 42.7 Å². The predicted molar refractivity (Wildman–Crippen MR) is 144 cm³/mol. The van der Waals surface area contributed by atoms with Crippen LogP contribution in [0.3, 0.4) is 0 Å². The van der Waals surface area contributed by atoms with E-state index in [0.29, 0.717) is 5.92 Å². The average molecular weight is 504 g/mol. The Bertz CT molecular complexity index is 1190. The highest BCUT2D eigenvalue weighted by Crippen LogP contribution is 2.35. The van der Waals surface area contributed by atoms with Crippen molar-refractivity contribution in [3.8, 4) is 5.75 Å². The molecule has 0 spiro atoms. The lowest BCUT2D eigenvalue weighted by Gasteiger charge is -2.33. The molecule has 1 saturated carbocycles. The van der Waals surface area contributed by atoms with Gasteiger partial charge in [-0.15, -0.1) is 0 Å². The number of anilines is 2. The van der Waals surface area contributed by atoms with E-state index in [-0.39, 0.29) is 6.10 Å². The quantitative estimate of drug-likeness (QED) is 0.504. The zero-order valence-electron chi connectivity index (χ0n) is 21.8. The van der Waals surface area contributed by atoms with Crippen molar-refractivity contribution in [2.24, 2.45) is 5.92 Å². The molecular formula is C28H37N7O2. The number of fused-ring (bicyclic) bond motifs is 1. The maximum atomic E-state index is 6.63. The van der Waals surface area contributed by atoms with Gasteiger partial charge in [0.2, 0.25) is 0 Å². The van der Waals surface area contributed by atoms with E-state index in [9.17, 15) is 0 Å². The largest absolute Gasteiger partial charge is 0.490 e. The van der Waals surface area contributed by atoms with E-state index in [2.05, 4.69) is 59.9 Å². The van der Waals surface area contributed by atoms with E-state index in [1.54, 1.807) is 12.7 Å². The Morgan fingerprint density at radius 1 is 0.865 bits per heavy atom. The molecule has 0 N–H and O–H groups in total. The van der Waals surface area contributed by atoms with Crippen molar-refractivity contribution in [2.45, 2.75) is 38.2 Å². The third-order valence-corrected chi connectivity index (χ3v) is 8.07. The van der Waals surface area contributed by atoms with Crippen molar-refractivity contribution in [3.63, 3.8) is 0 Å². The first-order chi connectivity index (χ1) is 18.2. The SMILES string of the molecule is CN1CCN(c2cc(CC3CCC(Oc4cc(N5CCOCC5)cc5ncncc45)CC3)ncn2)CC1. The summed E-state index contributed by atoms with van der Waals surface area (Å²) in [4.78, 5) is 25.1. The van der Waals surface area contributed by atoms with E-state index >= 15 is 0 Å². The van der Waals surface area contributed by atoms with E-state index in [1.165, 1.54) is 0 Å². The van der Waals surface area contributed by atoms with Crippen molar-refractivity contribution in [1.29, 1.82) is 0 Å². The third kappa shape index (κ3) is 5.78. The number of aromatic nitrogens is 4. The molecule has 0 radical (unpaired) electrons. The zero-order chi connectivity index (χ0) is 25.0. The van der Waals surface area contributed by atoms with Crippen LogP contribution in [-0.2, 0) is 11.2 Å². The summed E-state index contributed by atoms with van der Waals surface area (Å²) in [7, 11) is 2.18. The fraction of sp³-hybridized carbons (Fsp3) is 0.571. The lowest BCUT2D eigenvalue weighted by Crippen LogP contribution is -2.44. The molecule has 3 fully saturated rings. The number of likely N-dealkylation sites (N-methyl/N-ethyl adjacent to an activating group) is 1. The fourth-order valence-electron chi connectivity index (χ4n) is 5.77. The molecule has 2 aliphatic heterocycles. The summed E-state index contributed by atoms with van der Waals surface area (Å²) in [5, 5.41) is 0.985.